The minimum atomic E-state index is -3.71. The summed E-state index contributed by atoms with van der Waals surface area (Å²) < 4.78 is 35.0. The lowest BCUT2D eigenvalue weighted by molar-refractivity contribution is -0.151. The highest BCUT2D eigenvalue weighted by atomic mass is 32.2. The minimum Gasteiger partial charge on any atom is -0.466 e. The van der Waals surface area contributed by atoms with Gasteiger partial charge < -0.3 is 15.2 Å². The fourth-order valence-corrected chi connectivity index (χ4v) is 2.63. The molecule has 0 aliphatic carbocycles. The van der Waals surface area contributed by atoms with Gasteiger partial charge in [-0.3, -0.25) is 9.59 Å². The Kier molecular flexibility index (Phi) is 9.10. The molecule has 0 aliphatic rings. The first kappa shape index (κ1) is 18.8. The molecule has 0 aromatic carbocycles. The van der Waals surface area contributed by atoms with Crippen molar-refractivity contribution in [2.75, 3.05) is 25.5 Å². The Hall–Kier alpha value is -1.19. The van der Waals surface area contributed by atoms with Crippen LogP contribution in [0.2, 0.25) is 0 Å². The summed E-state index contributed by atoms with van der Waals surface area (Å²) in [5.74, 6) is -1.70. The topological polar surface area (TPSA) is 125 Å². The molecule has 0 aliphatic heterocycles. The molecule has 0 amide bonds. The Morgan fingerprint density at radius 1 is 1.20 bits per heavy atom. The second kappa shape index (κ2) is 9.67. The lowest BCUT2D eigenvalue weighted by atomic mass is 10.2. The number of esters is 2. The molecule has 0 aromatic rings. The van der Waals surface area contributed by atoms with E-state index in [0.29, 0.717) is 0 Å². The maximum Gasteiger partial charge on any atom is 0.324 e. The van der Waals surface area contributed by atoms with Gasteiger partial charge in [-0.15, -0.1) is 0 Å². The highest BCUT2D eigenvalue weighted by Gasteiger charge is 2.28. The third kappa shape index (κ3) is 8.08. The summed E-state index contributed by atoms with van der Waals surface area (Å²) in [5, 5.41) is 0. The standard InChI is InChI=1S/C11H22N2O6S/c1-3-18-10(14)8-9(11(15)19-4-2)13-20(16,17)7-5-6-12/h9,13H,3-8,12H2,1-2H3. The molecule has 9 heteroatoms. The zero-order valence-corrected chi connectivity index (χ0v) is 12.6. The van der Waals surface area contributed by atoms with Crippen LogP contribution in [0.5, 0.6) is 0 Å². The molecule has 3 N–H and O–H groups in total. The van der Waals surface area contributed by atoms with Gasteiger partial charge in [-0.2, -0.15) is 0 Å². The number of hydrogen-bond donors (Lipinski definition) is 2. The molecule has 0 fully saturated rings. The van der Waals surface area contributed by atoms with Gasteiger partial charge in [0.15, 0.2) is 0 Å². The molecule has 0 bridgehead atoms. The van der Waals surface area contributed by atoms with Crippen LogP contribution in [-0.4, -0.2) is 51.9 Å². The van der Waals surface area contributed by atoms with Crippen molar-refractivity contribution >= 4 is 22.0 Å². The predicted octanol–water partition coefficient (Wildman–Crippen LogP) is -0.860. The van der Waals surface area contributed by atoms with Gasteiger partial charge in [-0.1, -0.05) is 0 Å². The molecule has 0 saturated carbocycles. The van der Waals surface area contributed by atoms with E-state index in [-0.39, 0.29) is 31.9 Å². The van der Waals surface area contributed by atoms with E-state index >= 15 is 0 Å². The van der Waals surface area contributed by atoms with E-state index in [1.165, 1.54) is 0 Å². The third-order valence-electron chi connectivity index (χ3n) is 2.19. The van der Waals surface area contributed by atoms with Gasteiger partial charge in [-0.25, -0.2) is 13.1 Å². The largest absolute Gasteiger partial charge is 0.466 e. The van der Waals surface area contributed by atoms with Crippen LogP contribution >= 0.6 is 0 Å². The number of sulfonamides is 1. The van der Waals surface area contributed by atoms with Crippen LogP contribution in [0, 0.1) is 0 Å². The Balaban J connectivity index is 4.76. The number of carbonyl (C=O) groups excluding carboxylic acids is 2. The molecule has 0 aromatic heterocycles. The summed E-state index contributed by atoms with van der Waals surface area (Å²) in [6, 6.07) is -1.28. The second-order valence-electron chi connectivity index (χ2n) is 3.89. The van der Waals surface area contributed by atoms with Crippen molar-refractivity contribution in [3.05, 3.63) is 0 Å². The predicted molar refractivity (Wildman–Crippen MR) is 72.3 cm³/mol. The van der Waals surface area contributed by atoms with Crippen molar-refractivity contribution in [1.82, 2.24) is 4.72 Å². The molecule has 0 spiro atoms. The van der Waals surface area contributed by atoms with Crippen molar-refractivity contribution in [1.29, 1.82) is 0 Å². The molecule has 1 atom stereocenters. The van der Waals surface area contributed by atoms with Crippen LogP contribution in [-0.2, 0) is 29.1 Å². The monoisotopic (exact) mass is 310 g/mol. The highest BCUT2D eigenvalue weighted by molar-refractivity contribution is 7.89. The van der Waals surface area contributed by atoms with Gasteiger partial charge in [0.2, 0.25) is 10.0 Å². The Bertz CT molecular complexity index is 409. The average Bonchev–Trinajstić information content (AvgIpc) is 2.36. The summed E-state index contributed by atoms with van der Waals surface area (Å²) in [6.07, 6.45) is -0.154. The normalized spacial score (nSPS) is 12.8. The van der Waals surface area contributed by atoms with Crippen LogP contribution in [0.3, 0.4) is 0 Å². The van der Waals surface area contributed by atoms with Gasteiger partial charge in [0, 0.05) is 0 Å². The lowest BCUT2D eigenvalue weighted by Crippen LogP contribution is -2.44. The van der Waals surface area contributed by atoms with E-state index in [1.807, 2.05) is 0 Å². The molecule has 8 nitrogen and oxygen atoms in total. The van der Waals surface area contributed by atoms with E-state index < -0.39 is 34.4 Å². The van der Waals surface area contributed by atoms with E-state index in [4.69, 9.17) is 15.2 Å². The van der Waals surface area contributed by atoms with Gasteiger partial charge in [0.1, 0.15) is 6.04 Å². The zero-order chi connectivity index (χ0) is 15.6. The van der Waals surface area contributed by atoms with E-state index in [0.717, 1.165) is 0 Å². The summed E-state index contributed by atoms with van der Waals surface area (Å²) in [4.78, 5) is 23.0. The van der Waals surface area contributed by atoms with Crippen molar-refractivity contribution < 1.29 is 27.5 Å². The number of ether oxygens (including phenoxy) is 2. The highest BCUT2D eigenvalue weighted by Crippen LogP contribution is 2.02. The minimum absolute atomic E-state index is 0.0860. The molecular formula is C11H22N2O6S. The van der Waals surface area contributed by atoms with Crippen LogP contribution in [0.25, 0.3) is 0 Å². The van der Waals surface area contributed by atoms with Crippen LogP contribution in [0.15, 0.2) is 0 Å². The molecule has 20 heavy (non-hydrogen) atoms. The molecule has 0 heterocycles. The van der Waals surface area contributed by atoms with E-state index in [2.05, 4.69) is 4.72 Å². The molecule has 0 radical (unpaired) electrons. The van der Waals surface area contributed by atoms with Gasteiger partial charge >= 0.3 is 11.9 Å². The molecule has 118 valence electrons. The number of carbonyl (C=O) groups is 2. The zero-order valence-electron chi connectivity index (χ0n) is 11.8. The van der Waals surface area contributed by atoms with E-state index in [1.54, 1.807) is 13.8 Å². The van der Waals surface area contributed by atoms with Crippen molar-refractivity contribution in [3.8, 4) is 0 Å². The first-order chi connectivity index (χ1) is 9.36. The smallest absolute Gasteiger partial charge is 0.324 e. The molecule has 0 saturated heterocycles. The van der Waals surface area contributed by atoms with Crippen molar-refractivity contribution in [3.63, 3.8) is 0 Å². The summed E-state index contributed by atoms with van der Waals surface area (Å²) in [6.45, 7) is 3.64. The maximum atomic E-state index is 11.7. The second-order valence-corrected chi connectivity index (χ2v) is 5.77. The van der Waals surface area contributed by atoms with Gasteiger partial charge in [0.05, 0.1) is 25.4 Å². The van der Waals surface area contributed by atoms with Crippen LogP contribution in [0.4, 0.5) is 0 Å². The first-order valence-electron chi connectivity index (χ1n) is 6.38. The number of nitrogens with two attached hydrogens (primary N) is 1. The fourth-order valence-electron chi connectivity index (χ4n) is 1.35. The third-order valence-corrected chi connectivity index (χ3v) is 3.66. The number of nitrogens with one attached hydrogen (secondary N) is 1. The molecule has 0 rings (SSSR count). The van der Waals surface area contributed by atoms with Gasteiger partial charge in [-0.05, 0) is 26.8 Å². The summed E-state index contributed by atoms with van der Waals surface area (Å²) in [7, 11) is -3.71. The van der Waals surface area contributed by atoms with E-state index in [9.17, 15) is 18.0 Å². The Labute approximate surface area is 119 Å². The molecular weight excluding hydrogens is 288 g/mol. The fraction of sp³-hybridized carbons (Fsp3) is 0.818. The summed E-state index contributed by atoms with van der Waals surface area (Å²) >= 11 is 0. The van der Waals surface area contributed by atoms with Crippen LogP contribution in [0.1, 0.15) is 26.7 Å². The first-order valence-corrected chi connectivity index (χ1v) is 8.03. The summed E-state index contributed by atoms with van der Waals surface area (Å²) in [5.41, 5.74) is 5.24. The Morgan fingerprint density at radius 3 is 2.30 bits per heavy atom. The van der Waals surface area contributed by atoms with Crippen molar-refractivity contribution in [2.45, 2.75) is 32.7 Å². The average molecular weight is 310 g/mol. The van der Waals surface area contributed by atoms with Crippen molar-refractivity contribution in [2.24, 2.45) is 5.73 Å². The quantitative estimate of drug-likeness (QED) is 0.503. The SMILES string of the molecule is CCOC(=O)CC(NS(=O)(=O)CCCN)C(=O)OCC. The van der Waals surface area contributed by atoms with Crippen LogP contribution < -0.4 is 10.5 Å². The lowest BCUT2D eigenvalue weighted by Gasteiger charge is -2.16. The van der Waals surface area contributed by atoms with Gasteiger partial charge in [0.25, 0.3) is 0 Å². The number of hydrogen-bond acceptors (Lipinski definition) is 7. The number of rotatable bonds is 10. The molecule has 1 unspecified atom stereocenters. The Morgan fingerprint density at radius 2 is 1.80 bits per heavy atom. The maximum absolute atomic E-state index is 11.7.